The second-order valence-electron chi connectivity index (χ2n) is 7.30. The van der Waals surface area contributed by atoms with Gasteiger partial charge in [-0.1, -0.05) is 24.3 Å². The van der Waals surface area contributed by atoms with E-state index in [9.17, 15) is 9.59 Å². The molecule has 0 saturated carbocycles. The molecule has 2 amide bonds. The smallest absolute Gasteiger partial charge is 0.252 e. The Morgan fingerprint density at radius 2 is 2.00 bits per heavy atom. The lowest BCUT2D eigenvalue weighted by atomic mass is 9.94. The van der Waals surface area contributed by atoms with E-state index < -0.39 is 12.1 Å². The lowest BCUT2D eigenvalue weighted by Gasteiger charge is -2.38. The average Bonchev–Trinajstić information content (AvgIpc) is 2.70. The lowest BCUT2D eigenvalue weighted by Crippen LogP contribution is -2.53. The first-order valence-corrected chi connectivity index (χ1v) is 9.54. The van der Waals surface area contributed by atoms with Crippen molar-refractivity contribution < 1.29 is 19.1 Å². The van der Waals surface area contributed by atoms with Gasteiger partial charge in [0.15, 0.2) is 6.10 Å². The summed E-state index contributed by atoms with van der Waals surface area (Å²) in [7, 11) is 3.33. The lowest BCUT2D eigenvalue weighted by molar-refractivity contribution is -0.162. The van der Waals surface area contributed by atoms with Gasteiger partial charge in [0.05, 0.1) is 25.4 Å². The maximum absolute atomic E-state index is 13.0. The summed E-state index contributed by atoms with van der Waals surface area (Å²) in [6.07, 6.45) is 0.930. The quantitative estimate of drug-likeness (QED) is 0.837. The van der Waals surface area contributed by atoms with Gasteiger partial charge in [0.1, 0.15) is 12.4 Å². The number of ether oxygens (including phenoxy) is 2. The zero-order valence-corrected chi connectivity index (χ0v) is 17.5. The monoisotopic (exact) mass is 397 g/mol. The molecule has 1 aromatic carbocycles. The van der Waals surface area contributed by atoms with E-state index in [1.807, 2.05) is 45.0 Å². The van der Waals surface area contributed by atoms with Crippen LogP contribution in [0.2, 0.25) is 0 Å². The van der Waals surface area contributed by atoms with Gasteiger partial charge in [0.25, 0.3) is 5.91 Å². The summed E-state index contributed by atoms with van der Waals surface area (Å²) < 4.78 is 11.1. The number of aryl methyl sites for hydroxylation is 2. The van der Waals surface area contributed by atoms with Crippen LogP contribution in [-0.4, -0.2) is 48.6 Å². The number of carbonyl (C=O) groups excluding carboxylic acids is 2. The fourth-order valence-electron chi connectivity index (χ4n) is 3.74. The molecule has 1 aromatic heterocycles. The number of likely N-dealkylation sites (N-methyl/N-ethyl adjacent to an activating group) is 1. The number of aromatic nitrogens is 1. The van der Waals surface area contributed by atoms with Gasteiger partial charge in [-0.25, -0.2) is 0 Å². The van der Waals surface area contributed by atoms with Gasteiger partial charge in [0, 0.05) is 24.4 Å². The molecule has 0 aliphatic carbocycles. The first kappa shape index (κ1) is 20.8. The molecule has 1 saturated heterocycles. The highest BCUT2D eigenvalue weighted by molar-refractivity contribution is 5.86. The number of methoxy groups -OCH3 is 1. The number of morpholine rings is 1. The van der Waals surface area contributed by atoms with E-state index in [4.69, 9.17) is 9.47 Å². The Hall–Kier alpha value is -2.93. The van der Waals surface area contributed by atoms with Crippen molar-refractivity contribution in [2.75, 3.05) is 20.8 Å². The number of benzene rings is 1. The normalized spacial score (nSPS) is 19.2. The van der Waals surface area contributed by atoms with Crippen molar-refractivity contribution >= 4 is 11.8 Å². The summed E-state index contributed by atoms with van der Waals surface area (Å²) in [5, 5.41) is 2.91. The molecule has 0 radical (unpaired) electrons. The molecule has 0 unspecified atom stereocenters. The first-order chi connectivity index (χ1) is 13.8. The Bertz CT molecular complexity index is 928. The zero-order valence-electron chi connectivity index (χ0n) is 17.5. The average molecular weight is 397 g/mol. The fourth-order valence-corrected chi connectivity index (χ4v) is 3.74. The molecule has 1 aliphatic heterocycles. The van der Waals surface area contributed by atoms with Gasteiger partial charge in [-0.05, 0) is 31.9 Å². The topological polar surface area (TPSA) is 80.8 Å². The van der Waals surface area contributed by atoms with E-state index in [1.165, 1.54) is 0 Å². The van der Waals surface area contributed by atoms with Gasteiger partial charge in [-0.3, -0.25) is 14.6 Å². The minimum absolute atomic E-state index is 0.118. The van der Waals surface area contributed by atoms with Gasteiger partial charge in [-0.2, -0.15) is 0 Å². The molecule has 1 N–H and O–H groups in total. The summed E-state index contributed by atoms with van der Waals surface area (Å²) in [5.74, 6) is 0.336. The molecule has 0 bridgehead atoms. The van der Waals surface area contributed by atoms with Crippen molar-refractivity contribution in [1.29, 1.82) is 0 Å². The highest BCUT2D eigenvalue weighted by Gasteiger charge is 2.40. The Morgan fingerprint density at radius 1 is 1.28 bits per heavy atom. The van der Waals surface area contributed by atoms with Crippen LogP contribution in [-0.2, 0) is 20.9 Å². The molecule has 1 fully saturated rings. The second kappa shape index (κ2) is 8.61. The van der Waals surface area contributed by atoms with Gasteiger partial charge >= 0.3 is 0 Å². The van der Waals surface area contributed by atoms with Crippen molar-refractivity contribution in [3.63, 3.8) is 0 Å². The van der Waals surface area contributed by atoms with E-state index in [1.54, 1.807) is 25.3 Å². The van der Waals surface area contributed by atoms with Crippen LogP contribution in [0.25, 0.3) is 0 Å². The molecular weight excluding hydrogens is 370 g/mol. The Labute approximate surface area is 171 Å². The highest BCUT2D eigenvalue weighted by Crippen LogP contribution is 2.31. The fraction of sp³-hybridized carbons (Fsp3) is 0.409. The summed E-state index contributed by atoms with van der Waals surface area (Å²) in [4.78, 5) is 31.3. The molecule has 3 rings (SSSR count). The second-order valence-corrected chi connectivity index (χ2v) is 7.30. The maximum atomic E-state index is 13.0. The molecule has 154 valence electrons. The SMILES string of the molecule is COc1c(C)cnc(CNC(=O)[C@H]2OCC(=O)N(C)[C@@H]2c2ccccc2C)c1C. The number of hydrogen-bond acceptors (Lipinski definition) is 5. The van der Waals surface area contributed by atoms with Crippen molar-refractivity contribution in [2.45, 2.75) is 39.5 Å². The number of hydrogen-bond donors (Lipinski definition) is 1. The number of nitrogens with zero attached hydrogens (tertiary/aromatic N) is 2. The van der Waals surface area contributed by atoms with E-state index in [0.717, 1.165) is 33.7 Å². The molecule has 7 nitrogen and oxygen atoms in total. The van der Waals surface area contributed by atoms with Crippen LogP contribution in [0.5, 0.6) is 5.75 Å². The predicted molar refractivity (Wildman–Crippen MR) is 109 cm³/mol. The van der Waals surface area contributed by atoms with Crippen LogP contribution in [0.15, 0.2) is 30.5 Å². The minimum Gasteiger partial charge on any atom is -0.496 e. The van der Waals surface area contributed by atoms with Crippen molar-refractivity contribution in [3.05, 3.63) is 58.4 Å². The highest BCUT2D eigenvalue weighted by atomic mass is 16.5. The number of carbonyl (C=O) groups is 2. The van der Waals surface area contributed by atoms with Gasteiger partial charge in [-0.15, -0.1) is 0 Å². The molecule has 0 spiro atoms. The van der Waals surface area contributed by atoms with Crippen molar-refractivity contribution in [2.24, 2.45) is 0 Å². The summed E-state index contributed by atoms with van der Waals surface area (Å²) >= 11 is 0. The summed E-state index contributed by atoms with van der Waals surface area (Å²) in [6, 6.07) is 7.23. The van der Waals surface area contributed by atoms with Crippen molar-refractivity contribution in [1.82, 2.24) is 15.2 Å². The van der Waals surface area contributed by atoms with E-state index >= 15 is 0 Å². The molecule has 2 atom stereocenters. The molecule has 29 heavy (non-hydrogen) atoms. The first-order valence-electron chi connectivity index (χ1n) is 9.54. The third-order valence-corrected chi connectivity index (χ3v) is 5.43. The standard InChI is InChI=1S/C22H27N3O4/c1-13-8-6-7-9-16(13)19-21(29-12-18(26)25(19)4)22(27)24-11-17-15(3)20(28-5)14(2)10-23-17/h6-10,19,21H,11-12H2,1-5H3,(H,24,27)/t19-,21+/m1/s1. The third kappa shape index (κ3) is 4.10. The Balaban J connectivity index is 1.82. The molecular formula is C22H27N3O4. The van der Waals surface area contributed by atoms with E-state index in [-0.39, 0.29) is 25.0 Å². The third-order valence-electron chi connectivity index (χ3n) is 5.43. The number of nitrogens with one attached hydrogen (secondary N) is 1. The van der Waals surface area contributed by atoms with Crippen LogP contribution in [0.4, 0.5) is 0 Å². The molecule has 2 aromatic rings. The van der Waals surface area contributed by atoms with E-state index in [2.05, 4.69) is 10.3 Å². The Morgan fingerprint density at radius 3 is 2.69 bits per heavy atom. The molecule has 1 aliphatic rings. The number of rotatable bonds is 5. The van der Waals surface area contributed by atoms with Crippen LogP contribution in [0, 0.1) is 20.8 Å². The van der Waals surface area contributed by atoms with Crippen LogP contribution in [0.3, 0.4) is 0 Å². The predicted octanol–water partition coefficient (Wildman–Crippen LogP) is 2.23. The van der Waals surface area contributed by atoms with Gasteiger partial charge < -0.3 is 19.7 Å². The minimum atomic E-state index is -0.800. The molecule has 7 heteroatoms. The summed E-state index contributed by atoms with van der Waals surface area (Å²) in [5.41, 5.74) is 4.46. The maximum Gasteiger partial charge on any atom is 0.252 e. The van der Waals surface area contributed by atoms with Crippen LogP contribution in [0.1, 0.15) is 34.0 Å². The largest absolute Gasteiger partial charge is 0.496 e. The van der Waals surface area contributed by atoms with Crippen LogP contribution < -0.4 is 10.1 Å². The Kier molecular flexibility index (Phi) is 6.17. The summed E-state index contributed by atoms with van der Waals surface area (Å²) in [6.45, 7) is 5.94. The zero-order chi connectivity index (χ0) is 21.1. The number of pyridine rings is 1. The van der Waals surface area contributed by atoms with E-state index in [0.29, 0.717) is 0 Å². The van der Waals surface area contributed by atoms with Crippen LogP contribution >= 0.6 is 0 Å². The van der Waals surface area contributed by atoms with Crippen molar-refractivity contribution in [3.8, 4) is 5.75 Å². The van der Waals surface area contributed by atoms with Gasteiger partial charge in [0.2, 0.25) is 5.91 Å². The molecule has 2 heterocycles. The number of amides is 2.